The van der Waals surface area contributed by atoms with E-state index in [0.717, 1.165) is 12.8 Å². The Labute approximate surface area is 99.1 Å². The van der Waals surface area contributed by atoms with Gasteiger partial charge in [-0.3, -0.25) is 0 Å². The number of ether oxygens (including phenoxy) is 1. The van der Waals surface area contributed by atoms with Crippen LogP contribution in [0.5, 0.6) is 0 Å². The van der Waals surface area contributed by atoms with Crippen molar-refractivity contribution in [1.82, 2.24) is 4.98 Å². The summed E-state index contributed by atoms with van der Waals surface area (Å²) in [5, 5.41) is 2.23. The second-order valence-corrected chi connectivity index (χ2v) is 4.12. The molecule has 0 bridgehead atoms. The fourth-order valence-corrected chi connectivity index (χ4v) is 1.74. The number of hydrogen-bond acceptors (Lipinski definition) is 5. The summed E-state index contributed by atoms with van der Waals surface area (Å²) in [4.78, 5) is 15.8. The van der Waals surface area contributed by atoms with E-state index < -0.39 is 0 Å². The Kier molecular flexibility index (Phi) is 4.98. The molecule has 4 nitrogen and oxygen atoms in total. The number of esters is 1. The Morgan fingerprint density at radius 2 is 2.38 bits per heavy atom. The van der Waals surface area contributed by atoms with Crippen molar-refractivity contribution >= 4 is 28.0 Å². The van der Waals surface area contributed by atoms with Crippen LogP contribution >= 0.6 is 11.3 Å². The number of rotatable bonds is 5. The van der Waals surface area contributed by atoms with Gasteiger partial charge in [-0.1, -0.05) is 19.9 Å². The summed E-state index contributed by atoms with van der Waals surface area (Å²) >= 11 is 1.32. The predicted octanol–water partition coefficient (Wildman–Crippen LogP) is 2.47. The SMILES string of the molecule is CC/C=C(/C(=O)OCCC)c1csc(N)n1. The molecular formula is C11H16N2O2S. The molecule has 0 atom stereocenters. The van der Waals surface area contributed by atoms with Gasteiger partial charge in [0.2, 0.25) is 0 Å². The van der Waals surface area contributed by atoms with E-state index >= 15 is 0 Å². The molecule has 0 saturated heterocycles. The first-order valence-corrected chi connectivity index (χ1v) is 6.15. The number of nitrogens with zero attached hydrogens (tertiary/aromatic N) is 1. The number of aromatic nitrogens is 1. The van der Waals surface area contributed by atoms with Gasteiger partial charge in [-0.05, 0) is 12.8 Å². The number of anilines is 1. The van der Waals surface area contributed by atoms with Crippen LogP contribution < -0.4 is 5.73 Å². The zero-order valence-electron chi connectivity index (χ0n) is 9.53. The third-order valence-electron chi connectivity index (χ3n) is 1.86. The van der Waals surface area contributed by atoms with Crippen LogP contribution in [0.4, 0.5) is 5.13 Å². The number of thiazole rings is 1. The Morgan fingerprint density at radius 1 is 1.62 bits per heavy atom. The van der Waals surface area contributed by atoms with Crippen LogP contribution in [0.2, 0.25) is 0 Å². The molecule has 0 spiro atoms. The van der Waals surface area contributed by atoms with Gasteiger partial charge in [0.15, 0.2) is 5.13 Å². The van der Waals surface area contributed by atoms with Crippen LogP contribution in [0.15, 0.2) is 11.5 Å². The van der Waals surface area contributed by atoms with Crippen molar-refractivity contribution in [3.05, 3.63) is 17.2 Å². The maximum absolute atomic E-state index is 11.7. The standard InChI is InChI=1S/C11H16N2O2S/c1-3-5-8(10(14)15-6-4-2)9-7-16-11(12)13-9/h5,7H,3-4,6H2,1-2H3,(H2,12,13)/b8-5+. The van der Waals surface area contributed by atoms with E-state index in [1.165, 1.54) is 11.3 Å². The van der Waals surface area contributed by atoms with E-state index in [-0.39, 0.29) is 5.97 Å². The monoisotopic (exact) mass is 240 g/mol. The molecule has 0 fully saturated rings. The fourth-order valence-electron chi connectivity index (χ4n) is 1.18. The molecule has 0 aromatic carbocycles. The van der Waals surface area contributed by atoms with Gasteiger partial charge in [0, 0.05) is 5.38 Å². The molecule has 5 heteroatoms. The molecule has 16 heavy (non-hydrogen) atoms. The van der Waals surface area contributed by atoms with Gasteiger partial charge in [-0.15, -0.1) is 11.3 Å². The van der Waals surface area contributed by atoms with Gasteiger partial charge >= 0.3 is 5.97 Å². The molecule has 0 aliphatic carbocycles. The number of allylic oxidation sites excluding steroid dienone is 1. The summed E-state index contributed by atoms with van der Waals surface area (Å²) in [6.45, 7) is 4.35. The predicted molar refractivity (Wildman–Crippen MR) is 66.0 cm³/mol. The lowest BCUT2D eigenvalue weighted by molar-refractivity contribution is -0.136. The molecule has 0 amide bonds. The number of hydrogen-bond donors (Lipinski definition) is 1. The Bertz CT molecular complexity index is 385. The Hall–Kier alpha value is -1.36. The van der Waals surface area contributed by atoms with Crippen LogP contribution in [-0.2, 0) is 9.53 Å². The average molecular weight is 240 g/mol. The molecule has 0 saturated carbocycles. The highest BCUT2D eigenvalue weighted by Gasteiger charge is 2.15. The van der Waals surface area contributed by atoms with Gasteiger partial charge in [-0.2, -0.15) is 0 Å². The summed E-state index contributed by atoms with van der Waals surface area (Å²) in [7, 11) is 0. The highest BCUT2D eigenvalue weighted by molar-refractivity contribution is 7.13. The lowest BCUT2D eigenvalue weighted by Crippen LogP contribution is -2.08. The van der Waals surface area contributed by atoms with Crippen molar-refractivity contribution in [2.75, 3.05) is 12.3 Å². The van der Waals surface area contributed by atoms with Crippen molar-refractivity contribution in [3.63, 3.8) is 0 Å². The minimum atomic E-state index is -0.325. The molecule has 88 valence electrons. The number of carbonyl (C=O) groups is 1. The van der Waals surface area contributed by atoms with Crippen LogP contribution in [0.1, 0.15) is 32.4 Å². The van der Waals surface area contributed by atoms with Gasteiger partial charge in [0.25, 0.3) is 0 Å². The second kappa shape index (κ2) is 6.27. The highest BCUT2D eigenvalue weighted by Crippen LogP contribution is 2.21. The molecule has 1 aromatic heterocycles. The third-order valence-corrected chi connectivity index (χ3v) is 2.54. The zero-order valence-corrected chi connectivity index (χ0v) is 10.3. The maximum atomic E-state index is 11.7. The van der Waals surface area contributed by atoms with Crippen LogP contribution in [0.25, 0.3) is 5.57 Å². The van der Waals surface area contributed by atoms with Crippen molar-refractivity contribution in [2.45, 2.75) is 26.7 Å². The van der Waals surface area contributed by atoms with E-state index in [9.17, 15) is 4.79 Å². The van der Waals surface area contributed by atoms with E-state index in [4.69, 9.17) is 10.5 Å². The van der Waals surface area contributed by atoms with Crippen LogP contribution in [0, 0.1) is 0 Å². The van der Waals surface area contributed by atoms with E-state index in [2.05, 4.69) is 4.98 Å². The number of carbonyl (C=O) groups excluding carboxylic acids is 1. The first-order valence-electron chi connectivity index (χ1n) is 5.27. The Morgan fingerprint density at radius 3 is 2.88 bits per heavy atom. The molecule has 2 N–H and O–H groups in total. The van der Waals surface area contributed by atoms with Gasteiger partial charge in [0.05, 0.1) is 17.9 Å². The first kappa shape index (κ1) is 12.7. The zero-order chi connectivity index (χ0) is 12.0. The van der Waals surface area contributed by atoms with E-state index in [1.807, 2.05) is 19.9 Å². The molecule has 0 aliphatic heterocycles. The summed E-state index contributed by atoms with van der Waals surface area (Å²) in [6, 6.07) is 0. The summed E-state index contributed by atoms with van der Waals surface area (Å²) < 4.78 is 5.09. The molecular weight excluding hydrogens is 224 g/mol. The quantitative estimate of drug-likeness (QED) is 0.634. The third kappa shape index (κ3) is 3.34. The summed E-state index contributed by atoms with van der Waals surface area (Å²) in [5.74, 6) is -0.325. The largest absolute Gasteiger partial charge is 0.462 e. The van der Waals surface area contributed by atoms with Crippen LogP contribution in [-0.4, -0.2) is 17.6 Å². The topological polar surface area (TPSA) is 65.2 Å². The molecule has 1 heterocycles. The number of nitrogen functional groups attached to an aromatic ring is 1. The normalized spacial score (nSPS) is 11.5. The number of nitrogens with two attached hydrogens (primary N) is 1. The van der Waals surface area contributed by atoms with E-state index in [0.29, 0.717) is 23.0 Å². The average Bonchev–Trinajstić information content (AvgIpc) is 2.69. The minimum absolute atomic E-state index is 0.325. The second-order valence-electron chi connectivity index (χ2n) is 3.23. The maximum Gasteiger partial charge on any atom is 0.340 e. The summed E-state index contributed by atoms with van der Waals surface area (Å²) in [5.41, 5.74) is 6.65. The lowest BCUT2D eigenvalue weighted by atomic mass is 10.2. The van der Waals surface area contributed by atoms with Crippen molar-refractivity contribution in [2.24, 2.45) is 0 Å². The van der Waals surface area contributed by atoms with Crippen molar-refractivity contribution in [1.29, 1.82) is 0 Å². The molecule has 0 unspecified atom stereocenters. The van der Waals surface area contributed by atoms with Gasteiger partial charge < -0.3 is 10.5 Å². The summed E-state index contributed by atoms with van der Waals surface area (Å²) in [6.07, 6.45) is 3.38. The minimum Gasteiger partial charge on any atom is -0.462 e. The molecule has 0 aliphatic rings. The molecule has 1 rings (SSSR count). The highest BCUT2D eigenvalue weighted by atomic mass is 32.1. The van der Waals surface area contributed by atoms with Gasteiger partial charge in [0.1, 0.15) is 0 Å². The van der Waals surface area contributed by atoms with Crippen LogP contribution in [0.3, 0.4) is 0 Å². The van der Waals surface area contributed by atoms with Crippen molar-refractivity contribution in [3.8, 4) is 0 Å². The fraction of sp³-hybridized carbons (Fsp3) is 0.455. The van der Waals surface area contributed by atoms with Crippen molar-refractivity contribution < 1.29 is 9.53 Å². The lowest BCUT2D eigenvalue weighted by Gasteiger charge is -2.04. The molecule has 1 aromatic rings. The first-order chi connectivity index (χ1) is 7.69. The smallest absolute Gasteiger partial charge is 0.340 e. The molecule has 0 radical (unpaired) electrons. The van der Waals surface area contributed by atoms with E-state index in [1.54, 1.807) is 5.38 Å². The van der Waals surface area contributed by atoms with Gasteiger partial charge in [-0.25, -0.2) is 9.78 Å². The Balaban J connectivity index is 2.83.